The maximum atomic E-state index is 3.72. The molecule has 3 unspecified atom stereocenters. The standard InChI is InChI=1S/C13H19BrN2S/c1-16(6-9-4-13(14)17-8-9)7-10-5-11-2-3-12(10)15-11/h4,8,10-12,15H,2-3,5-7H2,1H3. The molecule has 2 aliphatic heterocycles. The molecule has 2 fully saturated rings. The minimum absolute atomic E-state index is 0.802. The number of nitrogens with zero attached hydrogens (tertiary/aromatic N) is 1. The topological polar surface area (TPSA) is 15.3 Å². The van der Waals surface area contributed by atoms with E-state index in [1.54, 1.807) is 11.3 Å². The first kappa shape index (κ1) is 12.2. The first-order chi connectivity index (χ1) is 8.20. The third-order valence-corrected chi connectivity index (χ3v) is 5.61. The fourth-order valence-corrected chi connectivity index (χ4v) is 4.54. The van der Waals surface area contributed by atoms with Gasteiger partial charge in [0.1, 0.15) is 0 Å². The second-order valence-electron chi connectivity index (χ2n) is 5.50. The van der Waals surface area contributed by atoms with E-state index in [1.807, 2.05) is 0 Å². The molecule has 3 rings (SSSR count). The van der Waals surface area contributed by atoms with Gasteiger partial charge in [-0.3, -0.25) is 0 Å². The van der Waals surface area contributed by atoms with Gasteiger partial charge in [0.15, 0.2) is 0 Å². The Labute approximate surface area is 116 Å². The van der Waals surface area contributed by atoms with Crippen molar-refractivity contribution in [2.24, 2.45) is 5.92 Å². The van der Waals surface area contributed by atoms with Crippen LogP contribution >= 0.6 is 27.3 Å². The highest BCUT2D eigenvalue weighted by Gasteiger charge is 2.39. The first-order valence-electron chi connectivity index (χ1n) is 6.38. The zero-order valence-corrected chi connectivity index (χ0v) is 12.6. The van der Waals surface area contributed by atoms with Gasteiger partial charge in [0.25, 0.3) is 0 Å². The van der Waals surface area contributed by atoms with Crippen LogP contribution in [0.2, 0.25) is 0 Å². The van der Waals surface area contributed by atoms with Crippen molar-refractivity contribution < 1.29 is 0 Å². The van der Waals surface area contributed by atoms with Crippen molar-refractivity contribution in [2.45, 2.75) is 37.9 Å². The summed E-state index contributed by atoms with van der Waals surface area (Å²) in [5, 5.41) is 5.97. The van der Waals surface area contributed by atoms with Crippen LogP contribution in [0.5, 0.6) is 0 Å². The predicted molar refractivity (Wildman–Crippen MR) is 76.4 cm³/mol. The van der Waals surface area contributed by atoms with Crippen LogP contribution in [0.25, 0.3) is 0 Å². The molecule has 2 saturated heterocycles. The Kier molecular flexibility index (Phi) is 3.57. The molecule has 2 nitrogen and oxygen atoms in total. The van der Waals surface area contributed by atoms with Crippen molar-refractivity contribution in [3.05, 3.63) is 20.8 Å². The zero-order valence-electron chi connectivity index (χ0n) is 10.2. The SMILES string of the molecule is CN(Cc1csc(Br)c1)CC1CC2CCC1N2. The summed E-state index contributed by atoms with van der Waals surface area (Å²) in [7, 11) is 2.25. The highest BCUT2D eigenvalue weighted by atomic mass is 79.9. The molecule has 0 amide bonds. The van der Waals surface area contributed by atoms with E-state index in [4.69, 9.17) is 0 Å². The van der Waals surface area contributed by atoms with Crippen molar-refractivity contribution in [2.75, 3.05) is 13.6 Å². The summed E-state index contributed by atoms with van der Waals surface area (Å²) in [5.41, 5.74) is 1.43. The number of hydrogen-bond donors (Lipinski definition) is 1. The Bertz CT molecular complexity index is 393. The van der Waals surface area contributed by atoms with Gasteiger partial charge in [0, 0.05) is 25.2 Å². The number of fused-ring (bicyclic) bond motifs is 2. The second-order valence-corrected chi connectivity index (χ2v) is 7.79. The van der Waals surface area contributed by atoms with E-state index in [2.05, 4.69) is 44.6 Å². The van der Waals surface area contributed by atoms with Crippen molar-refractivity contribution >= 4 is 27.3 Å². The molecule has 3 atom stereocenters. The number of halogens is 1. The largest absolute Gasteiger partial charge is 0.311 e. The third kappa shape index (κ3) is 2.75. The first-order valence-corrected chi connectivity index (χ1v) is 8.05. The number of nitrogens with one attached hydrogen (secondary N) is 1. The monoisotopic (exact) mass is 314 g/mol. The van der Waals surface area contributed by atoms with Crippen molar-refractivity contribution in [1.29, 1.82) is 0 Å². The summed E-state index contributed by atoms with van der Waals surface area (Å²) in [6, 6.07) is 3.87. The molecule has 4 heteroatoms. The summed E-state index contributed by atoms with van der Waals surface area (Å²) in [6.45, 7) is 2.32. The molecule has 0 saturated carbocycles. The number of rotatable bonds is 4. The Morgan fingerprint density at radius 3 is 3.00 bits per heavy atom. The van der Waals surface area contributed by atoms with Gasteiger partial charge in [-0.1, -0.05) is 0 Å². The predicted octanol–water partition coefficient (Wildman–Crippen LogP) is 3.08. The summed E-state index contributed by atoms with van der Waals surface area (Å²) in [4.78, 5) is 2.47. The van der Waals surface area contributed by atoms with E-state index >= 15 is 0 Å². The smallest absolute Gasteiger partial charge is 0.0701 e. The van der Waals surface area contributed by atoms with E-state index in [0.29, 0.717) is 0 Å². The van der Waals surface area contributed by atoms with E-state index in [0.717, 1.165) is 24.5 Å². The summed E-state index contributed by atoms with van der Waals surface area (Å²) in [5.74, 6) is 0.876. The highest BCUT2D eigenvalue weighted by Crippen LogP contribution is 2.33. The van der Waals surface area contributed by atoms with Gasteiger partial charge >= 0.3 is 0 Å². The molecule has 1 aromatic heterocycles. The maximum absolute atomic E-state index is 3.72. The molecule has 2 bridgehead atoms. The van der Waals surface area contributed by atoms with E-state index in [9.17, 15) is 0 Å². The van der Waals surface area contributed by atoms with Crippen LogP contribution in [-0.2, 0) is 6.54 Å². The lowest BCUT2D eigenvalue weighted by Crippen LogP contribution is -2.32. The summed E-state index contributed by atoms with van der Waals surface area (Å²) < 4.78 is 1.24. The van der Waals surface area contributed by atoms with Crippen molar-refractivity contribution in [3.8, 4) is 0 Å². The van der Waals surface area contributed by atoms with Gasteiger partial charge in [-0.05, 0) is 65.2 Å². The summed E-state index contributed by atoms with van der Waals surface area (Å²) in [6.07, 6.45) is 4.19. The van der Waals surface area contributed by atoms with E-state index in [1.165, 1.54) is 35.2 Å². The average molecular weight is 315 g/mol. The van der Waals surface area contributed by atoms with Gasteiger partial charge < -0.3 is 10.2 Å². The Morgan fingerprint density at radius 1 is 1.53 bits per heavy atom. The Balaban J connectivity index is 1.52. The molecule has 0 radical (unpaired) electrons. The Hall–Kier alpha value is 0.1000. The molecule has 3 heterocycles. The molecular formula is C13H19BrN2S. The van der Waals surface area contributed by atoms with Gasteiger partial charge in [0.05, 0.1) is 3.79 Å². The van der Waals surface area contributed by atoms with Crippen LogP contribution in [0.3, 0.4) is 0 Å². The lowest BCUT2D eigenvalue weighted by Gasteiger charge is -2.25. The minimum atomic E-state index is 0.802. The molecule has 1 aromatic rings. The molecule has 17 heavy (non-hydrogen) atoms. The van der Waals surface area contributed by atoms with Crippen LogP contribution < -0.4 is 5.32 Å². The fourth-order valence-electron chi connectivity index (χ4n) is 3.34. The minimum Gasteiger partial charge on any atom is -0.311 e. The van der Waals surface area contributed by atoms with Crippen molar-refractivity contribution in [1.82, 2.24) is 10.2 Å². The van der Waals surface area contributed by atoms with Crippen LogP contribution in [-0.4, -0.2) is 30.6 Å². The van der Waals surface area contributed by atoms with Gasteiger partial charge in [-0.25, -0.2) is 0 Å². The summed E-state index contributed by atoms with van der Waals surface area (Å²) >= 11 is 5.31. The van der Waals surface area contributed by atoms with Gasteiger partial charge in [-0.15, -0.1) is 11.3 Å². The molecule has 1 N–H and O–H groups in total. The molecule has 2 aliphatic rings. The number of hydrogen-bond acceptors (Lipinski definition) is 3. The van der Waals surface area contributed by atoms with Crippen LogP contribution in [0, 0.1) is 5.92 Å². The van der Waals surface area contributed by atoms with Crippen molar-refractivity contribution in [3.63, 3.8) is 0 Å². The molecule has 0 aromatic carbocycles. The highest BCUT2D eigenvalue weighted by molar-refractivity contribution is 9.11. The third-order valence-electron chi connectivity index (χ3n) is 4.05. The molecule has 94 valence electrons. The normalized spacial score (nSPS) is 31.6. The molecule has 0 aliphatic carbocycles. The molecule has 0 spiro atoms. The second kappa shape index (κ2) is 5.00. The average Bonchev–Trinajstić information content (AvgIpc) is 2.95. The van der Waals surface area contributed by atoms with Gasteiger partial charge in [-0.2, -0.15) is 0 Å². The van der Waals surface area contributed by atoms with E-state index < -0.39 is 0 Å². The van der Waals surface area contributed by atoms with Gasteiger partial charge in [0.2, 0.25) is 0 Å². The fraction of sp³-hybridized carbons (Fsp3) is 0.692. The quantitative estimate of drug-likeness (QED) is 0.918. The molecular weight excluding hydrogens is 296 g/mol. The Morgan fingerprint density at radius 2 is 2.41 bits per heavy atom. The number of thiophene rings is 1. The van der Waals surface area contributed by atoms with Crippen LogP contribution in [0.4, 0.5) is 0 Å². The van der Waals surface area contributed by atoms with Crippen LogP contribution in [0.1, 0.15) is 24.8 Å². The lowest BCUT2D eigenvalue weighted by atomic mass is 9.89. The van der Waals surface area contributed by atoms with E-state index in [-0.39, 0.29) is 0 Å². The lowest BCUT2D eigenvalue weighted by molar-refractivity contribution is 0.243. The van der Waals surface area contributed by atoms with Crippen LogP contribution in [0.15, 0.2) is 15.2 Å². The zero-order chi connectivity index (χ0) is 11.8. The maximum Gasteiger partial charge on any atom is 0.0701 e.